The normalized spacial score (nSPS) is 19.5. The number of amides is 2. The number of cyclic esters (lactones) is 1. The number of hydrogen-bond donors (Lipinski definition) is 1. The maximum Gasteiger partial charge on any atom is 0.415 e. The van der Waals surface area contributed by atoms with E-state index in [1.807, 2.05) is 20.8 Å². The van der Waals surface area contributed by atoms with Crippen LogP contribution in [-0.2, 0) is 9.47 Å². The quantitative estimate of drug-likeness (QED) is 0.633. The van der Waals surface area contributed by atoms with Gasteiger partial charge in [-0.25, -0.2) is 14.2 Å². The van der Waals surface area contributed by atoms with E-state index in [4.69, 9.17) is 9.47 Å². The topological polar surface area (TPSA) is 96.9 Å². The first kappa shape index (κ1) is 24.8. The summed E-state index contributed by atoms with van der Waals surface area (Å²) in [5, 5.41) is 3.15. The van der Waals surface area contributed by atoms with Gasteiger partial charge in [-0.1, -0.05) is 19.9 Å². The summed E-state index contributed by atoms with van der Waals surface area (Å²) in [6.07, 6.45) is 2.62. The molecule has 1 unspecified atom stereocenters. The third kappa shape index (κ3) is 5.37. The first-order valence-corrected chi connectivity index (χ1v) is 12.0. The highest BCUT2D eigenvalue weighted by molar-refractivity contribution is 5.94. The second kappa shape index (κ2) is 10.6. The summed E-state index contributed by atoms with van der Waals surface area (Å²) in [5.74, 6) is 0.0294. The zero-order valence-corrected chi connectivity index (χ0v) is 20.5. The van der Waals surface area contributed by atoms with Crippen LogP contribution in [0.15, 0.2) is 30.5 Å². The average Bonchev–Trinajstić information content (AvgIpc) is 3.25. The maximum absolute atomic E-state index is 15.0. The van der Waals surface area contributed by atoms with E-state index in [0.29, 0.717) is 37.2 Å². The Kier molecular flexibility index (Phi) is 7.49. The molecule has 0 aliphatic carbocycles. The molecule has 0 bridgehead atoms. The van der Waals surface area contributed by atoms with Gasteiger partial charge in [0.25, 0.3) is 5.91 Å². The number of carbonyl (C=O) groups excluding carboxylic acids is 2. The number of ether oxygens (including phenoxy) is 2. The number of benzene rings is 1. The van der Waals surface area contributed by atoms with E-state index in [2.05, 4.69) is 15.3 Å². The molecule has 188 valence electrons. The maximum atomic E-state index is 15.0. The van der Waals surface area contributed by atoms with Crippen LogP contribution in [0.4, 0.5) is 21.0 Å². The molecule has 0 saturated carbocycles. The molecule has 2 saturated heterocycles. The molecule has 35 heavy (non-hydrogen) atoms. The number of nitrogens with one attached hydrogen (secondary N) is 1. The van der Waals surface area contributed by atoms with E-state index < -0.39 is 11.9 Å². The minimum absolute atomic E-state index is 0.0421. The fourth-order valence-electron chi connectivity index (χ4n) is 4.42. The Balaban J connectivity index is 1.46. The van der Waals surface area contributed by atoms with E-state index in [9.17, 15) is 14.0 Å². The fourth-order valence-corrected chi connectivity index (χ4v) is 4.42. The molecule has 0 spiro atoms. The molecular weight excluding hydrogens is 453 g/mol. The van der Waals surface area contributed by atoms with E-state index in [-0.39, 0.29) is 35.5 Å². The number of rotatable bonds is 7. The van der Waals surface area contributed by atoms with Crippen molar-refractivity contribution in [3.63, 3.8) is 0 Å². The Morgan fingerprint density at radius 1 is 1.23 bits per heavy atom. The van der Waals surface area contributed by atoms with E-state index in [1.165, 1.54) is 17.0 Å². The van der Waals surface area contributed by atoms with Crippen LogP contribution in [0.25, 0.3) is 0 Å². The van der Waals surface area contributed by atoms with Crippen molar-refractivity contribution >= 4 is 23.8 Å². The minimum Gasteiger partial charge on any atom is -0.447 e. The summed E-state index contributed by atoms with van der Waals surface area (Å²) < 4.78 is 25.5. The van der Waals surface area contributed by atoms with E-state index in [1.54, 1.807) is 30.3 Å². The SMILES string of the molecule is CC(C)C1COC(=O)N1c1ccnc(N[C@@H](C)c2ccc(C(=O)N(C)C3CCOCC3)c(F)c2)n1. The molecule has 2 aliphatic heterocycles. The molecule has 0 radical (unpaired) electrons. The average molecular weight is 486 g/mol. The standard InChI is InChI=1S/C25H32FN5O4/c1-15(2)21-14-35-25(33)31(21)22-7-10-27-24(29-22)28-16(3)17-5-6-19(20(26)13-17)23(32)30(4)18-8-11-34-12-9-18/h5-7,10,13,15-16,18,21H,8-9,11-12,14H2,1-4H3,(H,27,28,29)/t16-,21?/m0/s1. The van der Waals surface area contributed by atoms with Gasteiger partial charge in [0, 0.05) is 32.5 Å². The van der Waals surface area contributed by atoms with Gasteiger partial charge in [-0.15, -0.1) is 0 Å². The Hall–Kier alpha value is -3.27. The Morgan fingerprint density at radius 3 is 2.66 bits per heavy atom. The van der Waals surface area contributed by atoms with Gasteiger partial charge < -0.3 is 19.7 Å². The van der Waals surface area contributed by atoms with Crippen molar-refractivity contribution in [2.24, 2.45) is 5.92 Å². The van der Waals surface area contributed by atoms with Gasteiger partial charge in [-0.3, -0.25) is 9.69 Å². The molecule has 3 heterocycles. The molecule has 4 rings (SSSR count). The molecule has 2 aliphatic rings. The summed E-state index contributed by atoms with van der Waals surface area (Å²) in [5.41, 5.74) is 0.683. The van der Waals surface area contributed by atoms with Crippen molar-refractivity contribution in [1.29, 1.82) is 0 Å². The summed E-state index contributed by atoms with van der Waals surface area (Å²) in [7, 11) is 1.71. The van der Waals surface area contributed by atoms with Crippen molar-refractivity contribution in [2.45, 2.75) is 51.7 Å². The zero-order chi connectivity index (χ0) is 25.1. The molecule has 2 amide bonds. The molecule has 2 fully saturated rings. The van der Waals surface area contributed by atoms with Crippen LogP contribution in [0, 0.1) is 11.7 Å². The second-order valence-corrected chi connectivity index (χ2v) is 9.36. The van der Waals surface area contributed by atoms with Crippen molar-refractivity contribution in [3.05, 3.63) is 47.4 Å². The van der Waals surface area contributed by atoms with Gasteiger partial charge in [-0.2, -0.15) is 4.98 Å². The highest BCUT2D eigenvalue weighted by Gasteiger charge is 2.37. The van der Waals surface area contributed by atoms with Crippen LogP contribution in [-0.4, -0.2) is 65.8 Å². The Labute approximate surface area is 204 Å². The summed E-state index contributed by atoms with van der Waals surface area (Å²) >= 11 is 0. The molecule has 10 heteroatoms. The molecule has 2 aromatic rings. The molecule has 1 N–H and O–H groups in total. The van der Waals surface area contributed by atoms with Gasteiger partial charge in [0.05, 0.1) is 17.6 Å². The molecular formula is C25H32FN5O4. The monoisotopic (exact) mass is 485 g/mol. The summed E-state index contributed by atoms with van der Waals surface area (Å²) in [6.45, 7) is 7.41. The van der Waals surface area contributed by atoms with Gasteiger partial charge in [-0.05, 0) is 49.4 Å². The lowest BCUT2D eigenvalue weighted by atomic mass is 10.0. The minimum atomic E-state index is -0.575. The van der Waals surface area contributed by atoms with Crippen LogP contribution in [0.3, 0.4) is 0 Å². The summed E-state index contributed by atoms with van der Waals surface area (Å²) in [4.78, 5) is 37.0. The van der Waals surface area contributed by atoms with Gasteiger partial charge in [0.15, 0.2) is 0 Å². The number of nitrogens with zero attached hydrogens (tertiary/aromatic N) is 4. The fraction of sp³-hybridized carbons (Fsp3) is 0.520. The first-order valence-electron chi connectivity index (χ1n) is 12.0. The van der Waals surface area contributed by atoms with Crippen molar-refractivity contribution in [3.8, 4) is 0 Å². The Morgan fingerprint density at radius 2 is 1.97 bits per heavy atom. The van der Waals surface area contributed by atoms with Gasteiger partial charge in [0.1, 0.15) is 18.2 Å². The predicted octanol–water partition coefficient (Wildman–Crippen LogP) is 4.02. The van der Waals surface area contributed by atoms with Gasteiger partial charge in [0.2, 0.25) is 5.95 Å². The molecule has 1 aromatic carbocycles. The Bertz CT molecular complexity index is 1080. The van der Waals surface area contributed by atoms with Crippen LogP contribution < -0.4 is 10.2 Å². The number of carbonyl (C=O) groups is 2. The lowest BCUT2D eigenvalue weighted by molar-refractivity contribution is 0.0359. The number of halogens is 1. The predicted molar refractivity (Wildman–Crippen MR) is 129 cm³/mol. The lowest BCUT2D eigenvalue weighted by Crippen LogP contribution is -2.41. The first-order chi connectivity index (χ1) is 16.8. The van der Waals surface area contributed by atoms with E-state index >= 15 is 0 Å². The smallest absolute Gasteiger partial charge is 0.415 e. The van der Waals surface area contributed by atoms with Crippen LogP contribution in [0.2, 0.25) is 0 Å². The third-order valence-corrected chi connectivity index (χ3v) is 6.69. The molecule has 2 atom stereocenters. The largest absolute Gasteiger partial charge is 0.447 e. The van der Waals surface area contributed by atoms with Crippen molar-refractivity contribution in [2.75, 3.05) is 37.1 Å². The summed E-state index contributed by atoms with van der Waals surface area (Å²) in [6, 6.07) is 5.85. The van der Waals surface area contributed by atoms with Crippen molar-refractivity contribution in [1.82, 2.24) is 14.9 Å². The highest BCUT2D eigenvalue weighted by atomic mass is 19.1. The molecule has 9 nitrogen and oxygen atoms in total. The van der Waals surface area contributed by atoms with E-state index in [0.717, 1.165) is 12.8 Å². The highest BCUT2D eigenvalue weighted by Crippen LogP contribution is 2.27. The van der Waals surface area contributed by atoms with Crippen LogP contribution in [0.5, 0.6) is 0 Å². The van der Waals surface area contributed by atoms with Gasteiger partial charge >= 0.3 is 6.09 Å². The van der Waals surface area contributed by atoms with Crippen LogP contribution in [0.1, 0.15) is 55.6 Å². The zero-order valence-electron chi connectivity index (χ0n) is 20.5. The number of hydrogen-bond acceptors (Lipinski definition) is 7. The number of anilines is 2. The van der Waals surface area contributed by atoms with Crippen LogP contribution >= 0.6 is 0 Å². The molecule has 1 aromatic heterocycles. The van der Waals surface area contributed by atoms with Crippen molar-refractivity contribution < 1.29 is 23.5 Å². The lowest BCUT2D eigenvalue weighted by Gasteiger charge is -2.31. The third-order valence-electron chi connectivity index (χ3n) is 6.69. The number of aromatic nitrogens is 2. The second-order valence-electron chi connectivity index (χ2n) is 9.36.